The number of sulfone groups is 1. The third-order valence-electron chi connectivity index (χ3n) is 6.25. The Balaban J connectivity index is 1.63. The molecule has 9 heteroatoms. The van der Waals surface area contributed by atoms with Gasteiger partial charge in [-0.15, -0.1) is 0 Å². The van der Waals surface area contributed by atoms with Gasteiger partial charge >= 0.3 is 0 Å². The summed E-state index contributed by atoms with van der Waals surface area (Å²) in [6.07, 6.45) is 5.34. The van der Waals surface area contributed by atoms with Crippen molar-refractivity contribution < 1.29 is 26.3 Å². The summed E-state index contributed by atoms with van der Waals surface area (Å²) in [6.45, 7) is 4.87. The zero-order valence-corrected chi connectivity index (χ0v) is 18.2. The van der Waals surface area contributed by atoms with Crippen molar-refractivity contribution >= 4 is 19.9 Å². The minimum Gasteiger partial charge on any atom is -0.373 e. The Morgan fingerprint density at radius 3 is 1.93 bits per heavy atom. The van der Waals surface area contributed by atoms with Crippen molar-refractivity contribution in [3.05, 3.63) is 0 Å². The largest absolute Gasteiger partial charge is 0.373 e. The molecule has 0 amide bonds. The molecule has 0 spiro atoms. The van der Waals surface area contributed by atoms with E-state index in [0.717, 1.165) is 6.42 Å². The molecule has 3 rings (SSSR count). The summed E-state index contributed by atoms with van der Waals surface area (Å²) in [5, 5.41) is -0.730. The number of fused-ring (bicyclic) bond motifs is 1. The molecular formula is C18H33NO6S2. The minimum atomic E-state index is -3.30. The molecule has 7 nitrogen and oxygen atoms in total. The highest BCUT2D eigenvalue weighted by Crippen LogP contribution is 2.37. The summed E-state index contributed by atoms with van der Waals surface area (Å²) < 4.78 is 63.6. The lowest BCUT2D eigenvalue weighted by molar-refractivity contribution is -0.153. The van der Waals surface area contributed by atoms with Gasteiger partial charge < -0.3 is 9.47 Å². The Labute approximate surface area is 163 Å². The van der Waals surface area contributed by atoms with Gasteiger partial charge in [0.2, 0.25) is 10.0 Å². The molecule has 0 N–H and O–H groups in total. The topological polar surface area (TPSA) is 90.0 Å². The number of sulfonamides is 1. The van der Waals surface area contributed by atoms with Crippen LogP contribution in [0.4, 0.5) is 0 Å². The van der Waals surface area contributed by atoms with E-state index in [0.29, 0.717) is 51.7 Å². The summed E-state index contributed by atoms with van der Waals surface area (Å²) in [6, 6.07) is -0.214. The quantitative estimate of drug-likeness (QED) is 0.669. The molecule has 1 saturated heterocycles. The van der Waals surface area contributed by atoms with Crippen molar-refractivity contribution in [3.63, 3.8) is 0 Å². The fourth-order valence-corrected chi connectivity index (χ4v) is 9.02. The molecule has 0 bridgehead atoms. The highest BCUT2D eigenvalue weighted by atomic mass is 32.2. The fourth-order valence-electron chi connectivity index (χ4n) is 5.10. The minimum absolute atomic E-state index is 0.0373. The molecule has 1 heterocycles. The second-order valence-corrected chi connectivity index (χ2v) is 12.9. The molecule has 1 aliphatic heterocycles. The molecule has 0 aromatic rings. The lowest BCUT2D eigenvalue weighted by Crippen LogP contribution is -2.50. The standard InChI is InChI=1S/C18H33NO6S2/c1-13(2)19(26(3,20)21)14-4-6-15(7-5-14)27(22,23)16-8-9-17-18(12-16)25-11-10-24-17/h13-18H,4-12H2,1-3H3. The number of rotatable bonds is 5. The zero-order chi connectivity index (χ0) is 19.8. The summed E-state index contributed by atoms with van der Waals surface area (Å²) in [4.78, 5) is 0. The van der Waals surface area contributed by atoms with Gasteiger partial charge in [0.25, 0.3) is 0 Å². The van der Waals surface area contributed by atoms with E-state index < -0.39 is 19.9 Å². The summed E-state index contributed by atoms with van der Waals surface area (Å²) in [5.41, 5.74) is 0. The maximum Gasteiger partial charge on any atom is 0.211 e. The molecule has 0 aromatic heterocycles. The molecule has 3 unspecified atom stereocenters. The van der Waals surface area contributed by atoms with Crippen LogP contribution in [0.1, 0.15) is 58.8 Å². The van der Waals surface area contributed by atoms with Crippen molar-refractivity contribution in [1.29, 1.82) is 0 Å². The molecule has 158 valence electrons. The first-order valence-electron chi connectivity index (χ1n) is 10.0. The van der Waals surface area contributed by atoms with Crippen LogP contribution in [0.3, 0.4) is 0 Å². The van der Waals surface area contributed by atoms with Gasteiger partial charge in [0.15, 0.2) is 9.84 Å². The van der Waals surface area contributed by atoms with Crippen LogP contribution in [0.5, 0.6) is 0 Å². The first-order chi connectivity index (χ1) is 12.6. The van der Waals surface area contributed by atoms with Crippen LogP contribution in [-0.2, 0) is 29.3 Å². The molecule has 2 saturated carbocycles. The van der Waals surface area contributed by atoms with Crippen molar-refractivity contribution in [1.82, 2.24) is 4.31 Å². The van der Waals surface area contributed by atoms with E-state index in [1.54, 1.807) is 4.31 Å². The maximum absolute atomic E-state index is 13.2. The Morgan fingerprint density at radius 2 is 1.37 bits per heavy atom. The van der Waals surface area contributed by atoms with E-state index in [4.69, 9.17) is 9.47 Å². The smallest absolute Gasteiger partial charge is 0.211 e. The van der Waals surface area contributed by atoms with E-state index in [1.807, 2.05) is 13.8 Å². The first kappa shape index (κ1) is 21.5. The van der Waals surface area contributed by atoms with Gasteiger partial charge in [0.1, 0.15) is 0 Å². The van der Waals surface area contributed by atoms with Crippen molar-refractivity contribution in [2.45, 2.75) is 93.6 Å². The second-order valence-electron chi connectivity index (χ2n) is 8.46. The lowest BCUT2D eigenvalue weighted by atomic mass is 9.93. The summed E-state index contributed by atoms with van der Waals surface area (Å²) in [5.74, 6) is 0. The highest BCUT2D eigenvalue weighted by molar-refractivity contribution is 7.92. The molecule has 3 fully saturated rings. The molecule has 2 aliphatic carbocycles. The maximum atomic E-state index is 13.2. The molecule has 0 radical (unpaired) electrons. The lowest BCUT2D eigenvalue weighted by Gasteiger charge is -2.41. The number of nitrogens with zero attached hydrogens (tertiary/aromatic N) is 1. The molecular weight excluding hydrogens is 390 g/mol. The predicted molar refractivity (Wildman–Crippen MR) is 104 cm³/mol. The summed E-state index contributed by atoms with van der Waals surface area (Å²) >= 11 is 0. The van der Waals surface area contributed by atoms with Crippen LogP contribution < -0.4 is 0 Å². The van der Waals surface area contributed by atoms with E-state index in [2.05, 4.69) is 0 Å². The predicted octanol–water partition coefficient (Wildman–Crippen LogP) is 1.72. The fraction of sp³-hybridized carbons (Fsp3) is 1.00. The number of hydrogen-bond acceptors (Lipinski definition) is 6. The van der Waals surface area contributed by atoms with Crippen molar-refractivity contribution in [3.8, 4) is 0 Å². The van der Waals surface area contributed by atoms with Crippen LogP contribution in [0.15, 0.2) is 0 Å². The third kappa shape index (κ3) is 4.69. The average molecular weight is 424 g/mol. The van der Waals surface area contributed by atoms with Crippen molar-refractivity contribution in [2.24, 2.45) is 0 Å². The van der Waals surface area contributed by atoms with Gasteiger partial charge in [-0.25, -0.2) is 16.8 Å². The SMILES string of the molecule is CC(C)N(C1CCC(S(=O)(=O)C2CCC3OCCOC3C2)CC1)S(C)(=O)=O. The van der Waals surface area contributed by atoms with Crippen LogP contribution in [0.25, 0.3) is 0 Å². The molecule has 3 atom stereocenters. The van der Waals surface area contributed by atoms with Crippen LogP contribution >= 0.6 is 0 Å². The third-order valence-corrected chi connectivity index (χ3v) is 10.5. The van der Waals surface area contributed by atoms with Gasteiger partial charge in [-0.05, 0) is 58.8 Å². The number of hydrogen-bond donors (Lipinski definition) is 0. The van der Waals surface area contributed by atoms with Gasteiger partial charge in [-0.3, -0.25) is 0 Å². The van der Waals surface area contributed by atoms with Crippen molar-refractivity contribution in [2.75, 3.05) is 19.5 Å². The summed E-state index contributed by atoms with van der Waals surface area (Å²) in [7, 11) is -6.54. The number of ether oxygens (including phenoxy) is 2. The van der Waals surface area contributed by atoms with E-state index in [-0.39, 0.29) is 34.8 Å². The van der Waals surface area contributed by atoms with Crippen LogP contribution in [0, 0.1) is 0 Å². The zero-order valence-electron chi connectivity index (χ0n) is 16.5. The van der Waals surface area contributed by atoms with Crippen LogP contribution in [-0.4, -0.2) is 75.4 Å². The van der Waals surface area contributed by atoms with Gasteiger partial charge in [0, 0.05) is 12.1 Å². The van der Waals surface area contributed by atoms with Gasteiger partial charge in [-0.2, -0.15) is 4.31 Å². The van der Waals surface area contributed by atoms with Gasteiger partial charge in [-0.1, -0.05) is 0 Å². The van der Waals surface area contributed by atoms with E-state index >= 15 is 0 Å². The first-order valence-corrected chi connectivity index (χ1v) is 13.5. The Kier molecular flexibility index (Phi) is 6.57. The van der Waals surface area contributed by atoms with Crippen LogP contribution in [0.2, 0.25) is 0 Å². The Bertz CT molecular complexity index is 712. The molecule has 3 aliphatic rings. The molecule has 0 aromatic carbocycles. The monoisotopic (exact) mass is 423 g/mol. The Hall–Kier alpha value is -0.220. The second kappa shape index (κ2) is 8.26. The van der Waals surface area contributed by atoms with Gasteiger partial charge in [0.05, 0.1) is 42.2 Å². The Morgan fingerprint density at radius 1 is 0.815 bits per heavy atom. The molecule has 27 heavy (non-hydrogen) atoms. The van der Waals surface area contributed by atoms with E-state index in [1.165, 1.54) is 6.26 Å². The average Bonchev–Trinajstić information content (AvgIpc) is 2.60. The van der Waals surface area contributed by atoms with E-state index in [9.17, 15) is 16.8 Å². The normalized spacial score (nSPS) is 36.0. The highest BCUT2D eigenvalue weighted by Gasteiger charge is 2.44.